The Bertz CT molecular complexity index is 1310. The molecule has 1 aliphatic rings. The van der Waals surface area contributed by atoms with Gasteiger partial charge in [0.05, 0.1) is 0 Å². The fourth-order valence-corrected chi connectivity index (χ4v) is 5.96. The zero-order valence-corrected chi connectivity index (χ0v) is 20.2. The first-order chi connectivity index (χ1) is 16.6. The summed E-state index contributed by atoms with van der Waals surface area (Å²) in [5.74, 6) is 0.582. The van der Waals surface area contributed by atoms with Crippen molar-refractivity contribution >= 4 is 0 Å². The van der Waals surface area contributed by atoms with Crippen LogP contribution in [0, 0.1) is 11.8 Å². The maximum Gasteiger partial charge on any atom is 0.0334 e. The molecular formula is C34H32. The van der Waals surface area contributed by atoms with E-state index in [0.29, 0.717) is 11.8 Å². The summed E-state index contributed by atoms with van der Waals surface area (Å²) < 4.78 is 0. The van der Waals surface area contributed by atoms with Crippen molar-refractivity contribution in [2.24, 2.45) is 11.8 Å². The number of fused-ring (bicyclic) bond motifs is 3. The van der Waals surface area contributed by atoms with Gasteiger partial charge in [-0.1, -0.05) is 123 Å². The highest BCUT2D eigenvalue weighted by Crippen LogP contribution is 2.57. The fourth-order valence-electron chi connectivity index (χ4n) is 5.96. The molecule has 4 aromatic rings. The SMILES string of the molecule is C=CC(C)C1(C(C)C=C)c2ccccc2-c2cc(Cc3ccc(-c4ccccc4)cc3)ccc21. The minimum absolute atomic E-state index is 0.134. The van der Waals surface area contributed by atoms with Crippen LogP contribution in [0.15, 0.2) is 122 Å². The summed E-state index contributed by atoms with van der Waals surface area (Å²) in [7, 11) is 0. The summed E-state index contributed by atoms with van der Waals surface area (Å²) >= 11 is 0. The predicted molar refractivity (Wildman–Crippen MR) is 146 cm³/mol. The van der Waals surface area contributed by atoms with Crippen molar-refractivity contribution in [3.63, 3.8) is 0 Å². The van der Waals surface area contributed by atoms with E-state index in [9.17, 15) is 0 Å². The Morgan fingerprint density at radius 1 is 0.618 bits per heavy atom. The third-order valence-corrected chi connectivity index (χ3v) is 7.81. The molecule has 0 radical (unpaired) electrons. The first-order valence-electron chi connectivity index (χ1n) is 12.2. The Kier molecular flexibility index (Phi) is 5.84. The van der Waals surface area contributed by atoms with Gasteiger partial charge < -0.3 is 0 Å². The first kappa shape index (κ1) is 22.2. The Balaban J connectivity index is 1.54. The molecule has 0 aliphatic heterocycles. The zero-order valence-electron chi connectivity index (χ0n) is 20.2. The maximum absolute atomic E-state index is 4.18. The van der Waals surface area contributed by atoms with Crippen LogP contribution >= 0.6 is 0 Å². The van der Waals surface area contributed by atoms with Gasteiger partial charge >= 0.3 is 0 Å². The molecule has 0 saturated carbocycles. The summed E-state index contributed by atoms with van der Waals surface area (Å²) in [6, 6.07) is 35.5. The van der Waals surface area contributed by atoms with Crippen LogP contribution in [0.4, 0.5) is 0 Å². The van der Waals surface area contributed by atoms with Gasteiger partial charge in [0.15, 0.2) is 0 Å². The summed E-state index contributed by atoms with van der Waals surface area (Å²) in [4.78, 5) is 0. The summed E-state index contributed by atoms with van der Waals surface area (Å²) in [6.07, 6.45) is 5.13. The average molecular weight is 441 g/mol. The molecule has 0 heterocycles. The molecule has 2 unspecified atom stereocenters. The van der Waals surface area contributed by atoms with Crippen LogP contribution in [0.25, 0.3) is 22.3 Å². The standard InChI is InChI=1S/C34H32/c1-5-24(3)34(25(4)6-2)32-15-11-10-14-30(32)31-23-27(18-21-33(31)34)22-26-16-19-29(20-17-26)28-12-8-7-9-13-28/h5-21,23-25H,1-2,22H2,3-4H3. The van der Waals surface area contributed by atoms with Gasteiger partial charge in [-0.25, -0.2) is 0 Å². The number of benzene rings is 4. The second-order valence-corrected chi connectivity index (χ2v) is 9.58. The molecule has 0 heteroatoms. The molecule has 34 heavy (non-hydrogen) atoms. The van der Waals surface area contributed by atoms with Gasteiger partial charge in [0.1, 0.15) is 0 Å². The van der Waals surface area contributed by atoms with Gasteiger partial charge in [-0.3, -0.25) is 0 Å². The molecule has 0 nitrogen and oxygen atoms in total. The van der Waals surface area contributed by atoms with E-state index in [-0.39, 0.29) is 5.41 Å². The van der Waals surface area contributed by atoms with Crippen molar-refractivity contribution in [2.75, 3.05) is 0 Å². The van der Waals surface area contributed by atoms with Crippen LogP contribution in [-0.4, -0.2) is 0 Å². The summed E-state index contributed by atoms with van der Waals surface area (Å²) in [5, 5.41) is 0. The van der Waals surface area contributed by atoms with Crippen LogP contribution in [0.5, 0.6) is 0 Å². The van der Waals surface area contributed by atoms with E-state index in [1.54, 1.807) is 0 Å². The van der Waals surface area contributed by atoms with E-state index in [2.05, 4.69) is 136 Å². The molecule has 0 aromatic heterocycles. The Morgan fingerprint density at radius 2 is 1.18 bits per heavy atom. The Morgan fingerprint density at radius 3 is 1.85 bits per heavy atom. The number of allylic oxidation sites excluding steroid dienone is 2. The quantitative estimate of drug-likeness (QED) is 0.252. The number of rotatable bonds is 7. The molecule has 0 N–H and O–H groups in total. The Labute approximate surface area is 204 Å². The Hall–Kier alpha value is -3.64. The second kappa shape index (κ2) is 8.95. The van der Waals surface area contributed by atoms with Gasteiger partial charge in [-0.15, -0.1) is 13.2 Å². The van der Waals surface area contributed by atoms with Crippen molar-refractivity contribution in [1.29, 1.82) is 0 Å². The van der Waals surface area contributed by atoms with Crippen molar-refractivity contribution in [2.45, 2.75) is 25.7 Å². The van der Waals surface area contributed by atoms with Crippen LogP contribution in [0.3, 0.4) is 0 Å². The maximum atomic E-state index is 4.18. The van der Waals surface area contributed by atoms with Crippen LogP contribution < -0.4 is 0 Å². The lowest BCUT2D eigenvalue weighted by atomic mass is 9.62. The predicted octanol–water partition coefficient (Wildman–Crippen LogP) is 8.86. The normalized spacial score (nSPS) is 17.9. The highest BCUT2D eigenvalue weighted by Gasteiger charge is 2.48. The molecular weight excluding hydrogens is 408 g/mol. The van der Waals surface area contributed by atoms with E-state index in [0.717, 1.165) is 6.42 Å². The lowest BCUT2D eigenvalue weighted by Gasteiger charge is -2.41. The van der Waals surface area contributed by atoms with Crippen molar-refractivity contribution in [3.05, 3.63) is 145 Å². The molecule has 0 amide bonds. The molecule has 0 bridgehead atoms. The number of hydrogen-bond acceptors (Lipinski definition) is 0. The smallest absolute Gasteiger partial charge is 0.0334 e. The highest BCUT2D eigenvalue weighted by atomic mass is 14.5. The van der Waals surface area contributed by atoms with Crippen molar-refractivity contribution in [1.82, 2.24) is 0 Å². The highest BCUT2D eigenvalue weighted by molar-refractivity contribution is 5.82. The second-order valence-electron chi connectivity index (χ2n) is 9.58. The molecule has 0 saturated heterocycles. The average Bonchev–Trinajstić information content (AvgIpc) is 3.19. The van der Waals surface area contributed by atoms with Crippen LogP contribution in [-0.2, 0) is 11.8 Å². The largest absolute Gasteiger partial charge is 0.103 e. The molecule has 168 valence electrons. The number of hydrogen-bond donors (Lipinski definition) is 0. The fraction of sp³-hybridized carbons (Fsp3) is 0.176. The van der Waals surface area contributed by atoms with Gasteiger partial charge in [-0.05, 0) is 62.8 Å². The van der Waals surface area contributed by atoms with E-state index in [4.69, 9.17) is 0 Å². The first-order valence-corrected chi connectivity index (χ1v) is 12.2. The minimum atomic E-state index is -0.134. The van der Waals surface area contributed by atoms with Gasteiger partial charge in [0, 0.05) is 5.41 Å². The van der Waals surface area contributed by atoms with Crippen molar-refractivity contribution < 1.29 is 0 Å². The van der Waals surface area contributed by atoms with Gasteiger partial charge in [0.25, 0.3) is 0 Å². The molecule has 5 rings (SSSR count). The zero-order chi connectivity index (χ0) is 23.7. The molecule has 2 atom stereocenters. The lowest BCUT2D eigenvalue weighted by Crippen LogP contribution is -2.38. The molecule has 0 fully saturated rings. The lowest BCUT2D eigenvalue weighted by molar-refractivity contribution is 0.333. The monoisotopic (exact) mass is 440 g/mol. The minimum Gasteiger partial charge on any atom is -0.103 e. The van der Waals surface area contributed by atoms with Crippen LogP contribution in [0.1, 0.15) is 36.1 Å². The van der Waals surface area contributed by atoms with Gasteiger partial charge in [-0.2, -0.15) is 0 Å². The van der Waals surface area contributed by atoms with Crippen molar-refractivity contribution in [3.8, 4) is 22.3 Å². The third-order valence-electron chi connectivity index (χ3n) is 7.81. The van der Waals surface area contributed by atoms with E-state index < -0.39 is 0 Å². The van der Waals surface area contributed by atoms with E-state index in [1.807, 2.05) is 0 Å². The van der Waals surface area contributed by atoms with Crippen LogP contribution in [0.2, 0.25) is 0 Å². The van der Waals surface area contributed by atoms with E-state index in [1.165, 1.54) is 44.5 Å². The molecule has 4 aromatic carbocycles. The van der Waals surface area contributed by atoms with E-state index >= 15 is 0 Å². The summed E-state index contributed by atoms with van der Waals surface area (Å²) in [5.41, 5.74) is 10.6. The van der Waals surface area contributed by atoms with Gasteiger partial charge in [0.2, 0.25) is 0 Å². The third kappa shape index (κ3) is 3.46. The molecule has 1 aliphatic carbocycles. The summed E-state index contributed by atoms with van der Waals surface area (Å²) in [6.45, 7) is 12.9. The topological polar surface area (TPSA) is 0 Å². The molecule has 0 spiro atoms.